The lowest BCUT2D eigenvalue weighted by Gasteiger charge is -2.03. The summed E-state index contributed by atoms with van der Waals surface area (Å²) in [6.45, 7) is 2.02. The van der Waals surface area contributed by atoms with Crippen LogP contribution in [0.25, 0.3) is 11.0 Å². The molecule has 2 N–H and O–H groups in total. The second kappa shape index (κ2) is 3.79. The van der Waals surface area contributed by atoms with E-state index in [0.29, 0.717) is 5.76 Å². The van der Waals surface area contributed by atoms with Crippen molar-refractivity contribution in [2.75, 3.05) is 0 Å². The molecule has 3 aromatic rings. The Bertz CT molecular complexity index is 637. The maximum Gasteiger partial charge on any atom is 0.137 e. The quantitative estimate of drug-likeness (QED) is 0.730. The number of benzene rings is 1. The number of fused-ring (bicyclic) bond motifs is 1. The molecule has 0 radical (unpaired) electrons. The van der Waals surface area contributed by atoms with Crippen LogP contribution in [0.3, 0.4) is 0 Å². The fraction of sp³-hybridized carbons (Fsp3) is 0.143. The zero-order chi connectivity index (χ0) is 11.8. The maximum atomic E-state index is 6.09. The van der Waals surface area contributed by atoms with Gasteiger partial charge in [0, 0.05) is 5.39 Å². The Balaban J connectivity index is 2.10. The molecule has 3 nitrogen and oxygen atoms in total. The summed E-state index contributed by atoms with van der Waals surface area (Å²) in [6.07, 6.45) is 1.61. The van der Waals surface area contributed by atoms with Crippen molar-refractivity contribution in [3.8, 4) is 0 Å². The highest BCUT2D eigenvalue weighted by Crippen LogP contribution is 2.28. The Morgan fingerprint density at radius 3 is 2.71 bits per heavy atom. The molecule has 0 aliphatic carbocycles. The van der Waals surface area contributed by atoms with Crippen molar-refractivity contribution in [2.24, 2.45) is 5.73 Å². The largest absolute Gasteiger partial charge is 0.467 e. The number of nitrogens with two attached hydrogens (primary N) is 1. The number of aryl methyl sites for hydroxylation is 1. The second-order valence-corrected chi connectivity index (χ2v) is 4.14. The average Bonchev–Trinajstić information content (AvgIpc) is 2.98. The first-order valence-electron chi connectivity index (χ1n) is 5.54. The van der Waals surface area contributed by atoms with Gasteiger partial charge in [-0.2, -0.15) is 0 Å². The molecule has 1 aromatic carbocycles. The minimum absolute atomic E-state index is 0.350. The van der Waals surface area contributed by atoms with Gasteiger partial charge in [0.05, 0.1) is 6.26 Å². The Morgan fingerprint density at radius 1 is 1.12 bits per heavy atom. The minimum Gasteiger partial charge on any atom is -0.467 e. The molecule has 86 valence electrons. The van der Waals surface area contributed by atoms with E-state index in [4.69, 9.17) is 14.6 Å². The van der Waals surface area contributed by atoms with Crippen molar-refractivity contribution in [1.82, 2.24) is 0 Å². The fourth-order valence-corrected chi connectivity index (χ4v) is 1.99. The third kappa shape index (κ3) is 1.65. The van der Waals surface area contributed by atoms with Crippen LogP contribution in [0.15, 0.2) is 51.5 Å². The molecule has 17 heavy (non-hydrogen) atoms. The Labute approximate surface area is 98.8 Å². The van der Waals surface area contributed by atoms with Gasteiger partial charge < -0.3 is 14.6 Å². The van der Waals surface area contributed by atoms with Gasteiger partial charge in [-0.05, 0) is 30.7 Å². The van der Waals surface area contributed by atoms with Crippen LogP contribution in [0.4, 0.5) is 0 Å². The summed E-state index contributed by atoms with van der Waals surface area (Å²) in [5.74, 6) is 1.44. The molecular formula is C14H13NO2. The second-order valence-electron chi connectivity index (χ2n) is 4.14. The van der Waals surface area contributed by atoms with Gasteiger partial charge in [0.2, 0.25) is 0 Å². The molecule has 1 unspecified atom stereocenters. The van der Waals surface area contributed by atoms with Gasteiger partial charge in [0.1, 0.15) is 23.1 Å². The van der Waals surface area contributed by atoms with Crippen LogP contribution in [0.2, 0.25) is 0 Å². The van der Waals surface area contributed by atoms with Crippen LogP contribution in [-0.2, 0) is 0 Å². The molecule has 0 amide bonds. The minimum atomic E-state index is -0.350. The van der Waals surface area contributed by atoms with E-state index in [1.165, 1.54) is 0 Å². The summed E-state index contributed by atoms with van der Waals surface area (Å²) in [7, 11) is 0. The molecule has 0 aliphatic heterocycles. The lowest BCUT2D eigenvalue weighted by molar-refractivity contribution is 0.445. The normalized spacial score (nSPS) is 13.1. The monoisotopic (exact) mass is 227 g/mol. The summed E-state index contributed by atoms with van der Waals surface area (Å²) >= 11 is 0. The van der Waals surface area contributed by atoms with E-state index < -0.39 is 0 Å². The van der Waals surface area contributed by atoms with Gasteiger partial charge in [0.15, 0.2) is 0 Å². The average molecular weight is 227 g/mol. The predicted molar refractivity (Wildman–Crippen MR) is 65.7 cm³/mol. The highest BCUT2D eigenvalue weighted by Gasteiger charge is 2.16. The maximum absolute atomic E-state index is 6.09. The summed E-state index contributed by atoms with van der Waals surface area (Å²) < 4.78 is 11.1. The molecule has 2 aromatic heterocycles. The van der Waals surface area contributed by atoms with Crippen LogP contribution in [0.1, 0.15) is 23.1 Å². The number of furan rings is 2. The van der Waals surface area contributed by atoms with E-state index in [0.717, 1.165) is 22.3 Å². The lowest BCUT2D eigenvalue weighted by Crippen LogP contribution is -2.09. The summed E-state index contributed by atoms with van der Waals surface area (Å²) in [5, 5.41) is 1.07. The van der Waals surface area contributed by atoms with E-state index in [2.05, 4.69) is 0 Å². The molecule has 0 saturated carbocycles. The Hall–Kier alpha value is -2.00. The molecule has 3 heteroatoms. The Kier molecular flexibility index (Phi) is 2.27. The third-order valence-corrected chi connectivity index (χ3v) is 2.92. The van der Waals surface area contributed by atoms with Crippen LogP contribution < -0.4 is 5.73 Å². The van der Waals surface area contributed by atoms with Gasteiger partial charge in [0.25, 0.3) is 0 Å². The molecule has 0 fully saturated rings. The van der Waals surface area contributed by atoms with Crippen molar-refractivity contribution in [2.45, 2.75) is 13.0 Å². The fourth-order valence-electron chi connectivity index (χ4n) is 1.99. The molecule has 0 bridgehead atoms. The standard InChI is InChI=1S/C14H13NO2/c1-9-4-2-5-10-8-12(17-14(9)10)13(15)11-6-3-7-16-11/h2-8,13H,15H2,1H3. The third-order valence-electron chi connectivity index (χ3n) is 2.92. The topological polar surface area (TPSA) is 52.3 Å². The molecule has 0 spiro atoms. The van der Waals surface area contributed by atoms with Gasteiger partial charge in [-0.3, -0.25) is 0 Å². The molecule has 0 saturated heterocycles. The van der Waals surface area contributed by atoms with Gasteiger partial charge in [-0.1, -0.05) is 18.2 Å². The summed E-state index contributed by atoms with van der Waals surface area (Å²) in [5.41, 5.74) is 8.09. The molecular weight excluding hydrogens is 214 g/mol. The molecule has 2 heterocycles. The molecule has 0 aliphatic rings. The highest BCUT2D eigenvalue weighted by molar-refractivity contribution is 5.81. The van der Waals surface area contributed by atoms with Crippen LogP contribution >= 0.6 is 0 Å². The molecule has 1 atom stereocenters. The van der Waals surface area contributed by atoms with Crippen molar-refractivity contribution >= 4 is 11.0 Å². The first-order chi connectivity index (χ1) is 8.25. The number of hydrogen-bond acceptors (Lipinski definition) is 3. The van der Waals surface area contributed by atoms with Crippen LogP contribution in [0, 0.1) is 6.92 Å². The zero-order valence-electron chi connectivity index (χ0n) is 9.51. The number of rotatable bonds is 2. The van der Waals surface area contributed by atoms with E-state index >= 15 is 0 Å². The van der Waals surface area contributed by atoms with Crippen molar-refractivity contribution in [1.29, 1.82) is 0 Å². The lowest BCUT2D eigenvalue weighted by atomic mass is 10.1. The Morgan fingerprint density at radius 2 is 2.00 bits per heavy atom. The summed E-state index contributed by atoms with van der Waals surface area (Å²) in [4.78, 5) is 0. The van der Waals surface area contributed by atoms with E-state index in [-0.39, 0.29) is 6.04 Å². The number of hydrogen-bond donors (Lipinski definition) is 1. The number of para-hydroxylation sites is 1. The summed E-state index contributed by atoms with van der Waals surface area (Å²) in [6, 6.07) is 11.3. The zero-order valence-corrected chi connectivity index (χ0v) is 9.51. The smallest absolute Gasteiger partial charge is 0.137 e. The van der Waals surface area contributed by atoms with E-state index in [9.17, 15) is 0 Å². The predicted octanol–water partition coefficient (Wildman–Crippen LogP) is 3.38. The van der Waals surface area contributed by atoms with Crippen molar-refractivity contribution in [3.05, 3.63) is 59.7 Å². The first kappa shape index (κ1) is 10.2. The van der Waals surface area contributed by atoms with Crippen LogP contribution in [-0.4, -0.2) is 0 Å². The van der Waals surface area contributed by atoms with Gasteiger partial charge >= 0.3 is 0 Å². The van der Waals surface area contributed by atoms with Crippen molar-refractivity contribution in [3.63, 3.8) is 0 Å². The van der Waals surface area contributed by atoms with E-state index in [1.54, 1.807) is 6.26 Å². The SMILES string of the molecule is Cc1cccc2cc(C(N)c3ccco3)oc12. The van der Waals surface area contributed by atoms with Gasteiger partial charge in [-0.25, -0.2) is 0 Å². The van der Waals surface area contributed by atoms with E-state index in [1.807, 2.05) is 43.3 Å². The van der Waals surface area contributed by atoms with Gasteiger partial charge in [-0.15, -0.1) is 0 Å². The highest BCUT2D eigenvalue weighted by atomic mass is 16.4. The van der Waals surface area contributed by atoms with Crippen LogP contribution in [0.5, 0.6) is 0 Å². The first-order valence-corrected chi connectivity index (χ1v) is 5.54. The van der Waals surface area contributed by atoms with Crippen molar-refractivity contribution < 1.29 is 8.83 Å². The molecule has 3 rings (SSSR count).